The van der Waals surface area contributed by atoms with Crippen LogP contribution in [0.15, 0.2) is 6.20 Å². The van der Waals surface area contributed by atoms with E-state index in [1.807, 2.05) is 0 Å². The standard InChI is InChI=1S/C8H9ClN2/c9-8-5-2-1-3-7(5)11-4-6(8)10/h4H,1-3,10H2. The predicted molar refractivity (Wildman–Crippen MR) is 45.7 cm³/mol. The van der Waals surface area contributed by atoms with E-state index in [9.17, 15) is 0 Å². The molecule has 0 atom stereocenters. The molecule has 0 radical (unpaired) electrons. The summed E-state index contributed by atoms with van der Waals surface area (Å²) in [6.45, 7) is 0. The van der Waals surface area contributed by atoms with Crippen molar-refractivity contribution in [1.82, 2.24) is 4.98 Å². The number of aromatic nitrogens is 1. The molecule has 2 nitrogen and oxygen atoms in total. The Balaban J connectivity index is 2.62. The molecule has 0 unspecified atom stereocenters. The highest BCUT2D eigenvalue weighted by Crippen LogP contribution is 2.30. The molecule has 1 aliphatic carbocycles. The summed E-state index contributed by atoms with van der Waals surface area (Å²) < 4.78 is 0. The van der Waals surface area contributed by atoms with Crippen LogP contribution in [0.5, 0.6) is 0 Å². The Kier molecular flexibility index (Phi) is 1.50. The van der Waals surface area contributed by atoms with Crippen LogP contribution in [0.1, 0.15) is 17.7 Å². The maximum atomic E-state index is 5.97. The zero-order chi connectivity index (χ0) is 7.84. The number of aryl methyl sites for hydroxylation is 1. The molecule has 1 aromatic heterocycles. The van der Waals surface area contributed by atoms with Gasteiger partial charge in [0, 0.05) is 5.69 Å². The van der Waals surface area contributed by atoms with Gasteiger partial charge < -0.3 is 5.73 Å². The van der Waals surface area contributed by atoms with E-state index < -0.39 is 0 Å². The van der Waals surface area contributed by atoms with Crippen molar-refractivity contribution in [3.63, 3.8) is 0 Å². The zero-order valence-electron chi connectivity index (χ0n) is 6.10. The van der Waals surface area contributed by atoms with E-state index in [2.05, 4.69) is 4.98 Å². The van der Waals surface area contributed by atoms with E-state index in [1.165, 1.54) is 0 Å². The van der Waals surface area contributed by atoms with Crippen molar-refractivity contribution in [3.05, 3.63) is 22.5 Å². The minimum atomic E-state index is 0.604. The molecule has 0 bridgehead atoms. The summed E-state index contributed by atoms with van der Waals surface area (Å²) in [4.78, 5) is 4.21. The average molecular weight is 169 g/mol. The first-order chi connectivity index (χ1) is 5.29. The number of anilines is 1. The largest absolute Gasteiger partial charge is 0.396 e. The fourth-order valence-electron chi connectivity index (χ4n) is 1.49. The Labute approximate surface area is 70.4 Å². The SMILES string of the molecule is Nc1cnc2c(c1Cl)CCC2. The van der Waals surface area contributed by atoms with Gasteiger partial charge in [-0.15, -0.1) is 0 Å². The van der Waals surface area contributed by atoms with Gasteiger partial charge in [0.15, 0.2) is 0 Å². The predicted octanol–water partition coefficient (Wildman–Crippen LogP) is 1.81. The van der Waals surface area contributed by atoms with Gasteiger partial charge in [-0.2, -0.15) is 0 Å². The van der Waals surface area contributed by atoms with Crippen LogP contribution in [0.3, 0.4) is 0 Å². The number of hydrogen-bond donors (Lipinski definition) is 1. The van der Waals surface area contributed by atoms with E-state index >= 15 is 0 Å². The summed E-state index contributed by atoms with van der Waals surface area (Å²) >= 11 is 5.97. The van der Waals surface area contributed by atoms with Crippen LogP contribution in [0.4, 0.5) is 5.69 Å². The number of nitrogens with two attached hydrogens (primary N) is 1. The van der Waals surface area contributed by atoms with Crippen LogP contribution in [-0.4, -0.2) is 4.98 Å². The number of nitrogens with zero attached hydrogens (tertiary/aromatic N) is 1. The molecule has 2 N–H and O–H groups in total. The van der Waals surface area contributed by atoms with Crippen molar-refractivity contribution in [1.29, 1.82) is 0 Å². The molecule has 0 spiro atoms. The van der Waals surface area contributed by atoms with Gasteiger partial charge in [0.1, 0.15) is 0 Å². The van der Waals surface area contributed by atoms with E-state index in [1.54, 1.807) is 6.20 Å². The molecule has 0 aromatic carbocycles. The second-order valence-corrected chi connectivity index (χ2v) is 3.18. The number of pyridine rings is 1. The summed E-state index contributed by atoms with van der Waals surface area (Å²) in [7, 11) is 0. The summed E-state index contributed by atoms with van der Waals surface area (Å²) in [5.74, 6) is 0. The third-order valence-electron chi connectivity index (χ3n) is 2.07. The third kappa shape index (κ3) is 0.979. The van der Waals surface area contributed by atoms with Crippen LogP contribution in [0.2, 0.25) is 5.02 Å². The van der Waals surface area contributed by atoms with Crippen molar-refractivity contribution < 1.29 is 0 Å². The summed E-state index contributed by atoms with van der Waals surface area (Å²) in [5, 5.41) is 0.715. The van der Waals surface area contributed by atoms with Crippen molar-refractivity contribution in [2.24, 2.45) is 0 Å². The molecule has 1 heterocycles. The normalized spacial score (nSPS) is 15.0. The van der Waals surface area contributed by atoms with Crippen LogP contribution in [-0.2, 0) is 12.8 Å². The lowest BCUT2D eigenvalue weighted by molar-refractivity contribution is 0.899. The molecule has 1 aliphatic rings. The van der Waals surface area contributed by atoms with Crippen LogP contribution >= 0.6 is 11.6 Å². The number of fused-ring (bicyclic) bond motifs is 1. The highest BCUT2D eigenvalue weighted by Gasteiger charge is 2.16. The second kappa shape index (κ2) is 2.38. The average Bonchev–Trinajstić information content (AvgIpc) is 2.45. The number of halogens is 1. The first-order valence-corrected chi connectivity index (χ1v) is 4.08. The molecule has 11 heavy (non-hydrogen) atoms. The van der Waals surface area contributed by atoms with Gasteiger partial charge in [0.2, 0.25) is 0 Å². The summed E-state index contributed by atoms with van der Waals surface area (Å²) in [5.41, 5.74) is 8.49. The second-order valence-electron chi connectivity index (χ2n) is 2.81. The lowest BCUT2D eigenvalue weighted by Crippen LogP contribution is -1.94. The molecule has 3 heteroatoms. The Hall–Kier alpha value is -0.760. The van der Waals surface area contributed by atoms with Crippen molar-refractivity contribution >= 4 is 17.3 Å². The van der Waals surface area contributed by atoms with Gasteiger partial charge in [0.05, 0.1) is 16.9 Å². The Bertz CT molecular complexity index is 296. The van der Waals surface area contributed by atoms with Gasteiger partial charge in [-0.1, -0.05) is 11.6 Å². The molecule has 0 fully saturated rings. The lowest BCUT2D eigenvalue weighted by Gasteiger charge is -2.02. The fraction of sp³-hybridized carbons (Fsp3) is 0.375. The van der Waals surface area contributed by atoms with Gasteiger partial charge in [0.25, 0.3) is 0 Å². The van der Waals surface area contributed by atoms with Crippen LogP contribution in [0.25, 0.3) is 0 Å². The van der Waals surface area contributed by atoms with Crippen LogP contribution in [0, 0.1) is 0 Å². The maximum absolute atomic E-state index is 5.97. The van der Waals surface area contributed by atoms with Crippen molar-refractivity contribution in [2.45, 2.75) is 19.3 Å². The number of rotatable bonds is 0. The Morgan fingerprint density at radius 1 is 1.45 bits per heavy atom. The summed E-state index contributed by atoms with van der Waals surface area (Å²) in [6, 6.07) is 0. The maximum Gasteiger partial charge on any atom is 0.0701 e. The molecule has 0 amide bonds. The van der Waals surface area contributed by atoms with E-state index in [4.69, 9.17) is 17.3 Å². The van der Waals surface area contributed by atoms with E-state index in [0.29, 0.717) is 10.7 Å². The van der Waals surface area contributed by atoms with Gasteiger partial charge >= 0.3 is 0 Å². The van der Waals surface area contributed by atoms with E-state index in [-0.39, 0.29) is 0 Å². The smallest absolute Gasteiger partial charge is 0.0701 e. The summed E-state index contributed by atoms with van der Waals surface area (Å²) in [6.07, 6.45) is 4.89. The number of nitrogen functional groups attached to an aromatic ring is 1. The molecule has 0 aliphatic heterocycles. The number of hydrogen-bond acceptors (Lipinski definition) is 2. The van der Waals surface area contributed by atoms with E-state index in [0.717, 1.165) is 30.5 Å². The molecule has 1 aromatic rings. The third-order valence-corrected chi connectivity index (χ3v) is 2.51. The van der Waals surface area contributed by atoms with Gasteiger partial charge in [-0.3, -0.25) is 4.98 Å². The van der Waals surface area contributed by atoms with Crippen LogP contribution < -0.4 is 5.73 Å². The molecule has 0 saturated carbocycles. The van der Waals surface area contributed by atoms with Crippen molar-refractivity contribution in [3.8, 4) is 0 Å². The first kappa shape index (κ1) is 6.92. The molecule has 2 rings (SSSR count). The highest BCUT2D eigenvalue weighted by atomic mass is 35.5. The molecular formula is C8H9ClN2. The quantitative estimate of drug-likeness (QED) is 0.642. The monoisotopic (exact) mass is 168 g/mol. The first-order valence-electron chi connectivity index (χ1n) is 3.71. The lowest BCUT2D eigenvalue weighted by atomic mass is 10.2. The van der Waals surface area contributed by atoms with Gasteiger partial charge in [-0.25, -0.2) is 0 Å². The Morgan fingerprint density at radius 3 is 3.09 bits per heavy atom. The molecular weight excluding hydrogens is 160 g/mol. The minimum absolute atomic E-state index is 0.604. The highest BCUT2D eigenvalue weighted by molar-refractivity contribution is 6.33. The zero-order valence-corrected chi connectivity index (χ0v) is 6.86. The fourth-order valence-corrected chi connectivity index (χ4v) is 1.74. The van der Waals surface area contributed by atoms with Gasteiger partial charge in [-0.05, 0) is 24.8 Å². The van der Waals surface area contributed by atoms with Crippen molar-refractivity contribution in [2.75, 3.05) is 5.73 Å². The minimum Gasteiger partial charge on any atom is -0.396 e. The Morgan fingerprint density at radius 2 is 2.27 bits per heavy atom. The topological polar surface area (TPSA) is 38.9 Å². The molecule has 58 valence electrons. The molecule has 0 saturated heterocycles.